The molecule has 0 unspecified atom stereocenters. The predicted molar refractivity (Wildman–Crippen MR) is 71.0 cm³/mol. The zero-order valence-electron chi connectivity index (χ0n) is 11.3. The van der Waals surface area contributed by atoms with Crippen molar-refractivity contribution in [2.45, 2.75) is 39.2 Å². The number of benzene rings is 1. The summed E-state index contributed by atoms with van der Waals surface area (Å²) < 4.78 is 5.09. The van der Waals surface area contributed by atoms with E-state index in [0.29, 0.717) is 11.7 Å². The molecule has 0 saturated heterocycles. The third kappa shape index (κ3) is 2.59. The van der Waals surface area contributed by atoms with Crippen LogP contribution >= 0.6 is 0 Å². The Balaban J connectivity index is 2.29. The number of aromatic nitrogens is 2. The minimum atomic E-state index is -0.236. The lowest BCUT2D eigenvalue weighted by molar-refractivity contribution is 0.362. The molecule has 0 aliphatic heterocycles. The Labute approximate surface area is 107 Å². The molecule has 0 spiro atoms. The van der Waals surface area contributed by atoms with E-state index in [4.69, 9.17) is 10.3 Å². The Hall–Kier alpha value is -1.68. The van der Waals surface area contributed by atoms with Gasteiger partial charge in [-0.2, -0.15) is 4.98 Å². The molecule has 0 saturated carbocycles. The zero-order chi connectivity index (χ0) is 13.3. The van der Waals surface area contributed by atoms with Gasteiger partial charge in [0, 0.05) is 5.56 Å². The molecular weight excluding hydrogens is 226 g/mol. The van der Waals surface area contributed by atoms with Crippen molar-refractivity contribution in [2.75, 3.05) is 0 Å². The fourth-order valence-electron chi connectivity index (χ4n) is 1.66. The van der Waals surface area contributed by atoms with Gasteiger partial charge in [-0.15, -0.1) is 0 Å². The van der Waals surface area contributed by atoms with Crippen LogP contribution in [0.2, 0.25) is 0 Å². The van der Waals surface area contributed by atoms with E-state index in [0.717, 1.165) is 5.56 Å². The fourth-order valence-corrected chi connectivity index (χ4v) is 1.66. The van der Waals surface area contributed by atoms with Crippen molar-refractivity contribution in [3.63, 3.8) is 0 Å². The van der Waals surface area contributed by atoms with E-state index in [1.165, 1.54) is 5.56 Å². The number of rotatable bonds is 2. The molecule has 4 nitrogen and oxygen atoms in total. The Morgan fingerprint density at radius 1 is 1.17 bits per heavy atom. The van der Waals surface area contributed by atoms with Crippen LogP contribution in [0, 0.1) is 0 Å². The molecule has 0 fully saturated rings. The molecule has 1 aromatic carbocycles. The van der Waals surface area contributed by atoms with Crippen LogP contribution in [0.25, 0.3) is 11.4 Å². The Kier molecular flexibility index (Phi) is 3.22. The first-order valence-electron chi connectivity index (χ1n) is 6.08. The van der Waals surface area contributed by atoms with Crippen molar-refractivity contribution in [3.8, 4) is 11.4 Å². The van der Waals surface area contributed by atoms with Crippen molar-refractivity contribution in [1.29, 1.82) is 0 Å². The average Bonchev–Trinajstić information content (AvgIpc) is 2.77. The molecule has 4 heteroatoms. The average molecular weight is 245 g/mol. The van der Waals surface area contributed by atoms with Gasteiger partial charge in [0.1, 0.15) is 0 Å². The minimum Gasteiger partial charge on any atom is -0.337 e. The number of hydrogen-bond donors (Lipinski definition) is 1. The quantitative estimate of drug-likeness (QED) is 0.883. The van der Waals surface area contributed by atoms with E-state index < -0.39 is 0 Å². The van der Waals surface area contributed by atoms with Crippen molar-refractivity contribution in [2.24, 2.45) is 5.73 Å². The zero-order valence-corrected chi connectivity index (χ0v) is 11.3. The van der Waals surface area contributed by atoms with Gasteiger partial charge in [-0.25, -0.2) is 0 Å². The highest BCUT2D eigenvalue weighted by molar-refractivity contribution is 5.55. The van der Waals surface area contributed by atoms with Crippen LogP contribution in [0.5, 0.6) is 0 Å². The normalized spacial score (nSPS) is 13.6. The van der Waals surface area contributed by atoms with Crippen molar-refractivity contribution >= 4 is 0 Å². The summed E-state index contributed by atoms with van der Waals surface area (Å²) in [6.07, 6.45) is 0. The van der Waals surface area contributed by atoms with Gasteiger partial charge in [-0.3, -0.25) is 0 Å². The number of hydrogen-bond acceptors (Lipinski definition) is 4. The van der Waals surface area contributed by atoms with Gasteiger partial charge < -0.3 is 10.3 Å². The topological polar surface area (TPSA) is 64.9 Å². The number of nitrogens with two attached hydrogens (primary N) is 1. The summed E-state index contributed by atoms with van der Waals surface area (Å²) in [5.41, 5.74) is 8.06. The lowest BCUT2D eigenvalue weighted by atomic mass is 9.87. The maximum Gasteiger partial charge on any atom is 0.243 e. The molecule has 96 valence electrons. The smallest absolute Gasteiger partial charge is 0.243 e. The first-order chi connectivity index (χ1) is 8.38. The van der Waals surface area contributed by atoms with Crippen LogP contribution in [-0.2, 0) is 5.41 Å². The lowest BCUT2D eigenvalue weighted by Crippen LogP contribution is -2.10. The second-order valence-corrected chi connectivity index (χ2v) is 5.57. The summed E-state index contributed by atoms with van der Waals surface area (Å²) >= 11 is 0. The van der Waals surface area contributed by atoms with E-state index in [2.05, 4.69) is 43.0 Å². The van der Waals surface area contributed by atoms with Crippen LogP contribution < -0.4 is 5.73 Å². The van der Waals surface area contributed by atoms with E-state index in [-0.39, 0.29) is 11.5 Å². The summed E-state index contributed by atoms with van der Waals surface area (Å²) in [5.74, 6) is 1.05. The van der Waals surface area contributed by atoms with E-state index >= 15 is 0 Å². The van der Waals surface area contributed by atoms with E-state index in [1.54, 1.807) is 0 Å². The van der Waals surface area contributed by atoms with Crippen LogP contribution in [-0.4, -0.2) is 10.1 Å². The molecule has 0 radical (unpaired) electrons. The van der Waals surface area contributed by atoms with Gasteiger partial charge in [0.2, 0.25) is 11.7 Å². The summed E-state index contributed by atoms with van der Waals surface area (Å²) in [7, 11) is 0. The molecule has 18 heavy (non-hydrogen) atoms. The largest absolute Gasteiger partial charge is 0.337 e. The SMILES string of the molecule is C[C@H](N)c1nc(-c2ccc(C(C)(C)C)cc2)no1. The maximum absolute atomic E-state index is 5.69. The first-order valence-corrected chi connectivity index (χ1v) is 6.08. The first kappa shape index (κ1) is 12.8. The Morgan fingerprint density at radius 3 is 2.22 bits per heavy atom. The third-order valence-electron chi connectivity index (χ3n) is 2.84. The summed E-state index contributed by atoms with van der Waals surface area (Å²) in [4.78, 5) is 4.27. The van der Waals surface area contributed by atoms with Gasteiger partial charge >= 0.3 is 0 Å². The van der Waals surface area contributed by atoms with Crippen LogP contribution in [0.1, 0.15) is 45.2 Å². The Morgan fingerprint density at radius 2 is 1.78 bits per heavy atom. The van der Waals surface area contributed by atoms with Crippen LogP contribution in [0.4, 0.5) is 0 Å². The van der Waals surface area contributed by atoms with Gasteiger partial charge in [0.25, 0.3) is 0 Å². The highest BCUT2D eigenvalue weighted by Crippen LogP contribution is 2.25. The van der Waals surface area contributed by atoms with E-state index in [9.17, 15) is 0 Å². The standard InChI is InChI=1S/C14H19N3O/c1-9(15)13-16-12(17-18-13)10-5-7-11(8-6-10)14(2,3)4/h5-9H,15H2,1-4H3/t9-/m0/s1. The second kappa shape index (κ2) is 4.53. The maximum atomic E-state index is 5.69. The van der Waals surface area contributed by atoms with Gasteiger partial charge in [0.15, 0.2) is 0 Å². The lowest BCUT2D eigenvalue weighted by Gasteiger charge is -2.18. The molecule has 0 aliphatic carbocycles. The predicted octanol–water partition coefficient (Wildman–Crippen LogP) is 3.05. The molecule has 2 rings (SSSR count). The van der Waals surface area contributed by atoms with Gasteiger partial charge in [0.05, 0.1) is 6.04 Å². The highest BCUT2D eigenvalue weighted by atomic mass is 16.5. The Bertz CT molecular complexity index is 521. The minimum absolute atomic E-state index is 0.146. The van der Waals surface area contributed by atoms with Crippen molar-refractivity contribution < 1.29 is 4.52 Å². The molecular formula is C14H19N3O. The molecule has 1 atom stereocenters. The third-order valence-corrected chi connectivity index (χ3v) is 2.84. The summed E-state index contributed by atoms with van der Waals surface area (Å²) in [5, 5.41) is 3.93. The van der Waals surface area contributed by atoms with Crippen molar-refractivity contribution in [1.82, 2.24) is 10.1 Å². The molecule has 2 N–H and O–H groups in total. The fraction of sp³-hybridized carbons (Fsp3) is 0.429. The summed E-state index contributed by atoms with van der Waals surface area (Å²) in [6.45, 7) is 8.37. The van der Waals surface area contributed by atoms with E-state index in [1.807, 2.05) is 19.1 Å². The van der Waals surface area contributed by atoms with Crippen LogP contribution in [0.15, 0.2) is 28.8 Å². The van der Waals surface area contributed by atoms with Gasteiger partial charge in [-0.05, 0) is 17.9 Å². The highest BCUT2D eigenvalue weighted by Gasteiger charge is 2.15. The molecule has 0 aliphatic rings. The van der Waals surface area contributed by atoms with Gasteiger partial charge in [-0.1, -0.05) is 50.2 Å². The van der Waals surface area contributed by atoms with Crippen molar-refractivity contribution in [3.05, 3.63) is 35.7 Å². The molecule has 1 heterocycles. The molecule has 2 aromatic rings. The molecule has 1 aromatic heterocycles. The summed E-state index contributed by atoms with van der Waals surface area (Å²) in [6, 6.07) is 7.97. The van der Waals surface area contributed by atoms with Crippen LogP contribution in [0.3, 0.4) is 0 Å². The number of nitrogens with zero attached hydrogens (tertiary/aromatic N) is 2. The second-order valence-electron chi connectivity index (χ2n) is 5.57. The molecule has 0 amide bonds. The monoisotopic (exact) mass is 245 g/mol. The molecule has 0 bridgehead atoms.